The number of aromatic nitrogens is 2. The van der Waals surface area contributed by atoms with E-state index in [0.717, 1.165) is 12.1 Å². The van der Waals surface area contributed by atoms with Crippen molar-refractivity contribution in [2.75, 3.05) is 0 Å². The fourth-order valence-electron chi connectivity index (χ4n) is 2.46. The lowest BCUT2D eigenvalue weighted by Crippen LogP contribution is -2.05. The van der Waals surface area contributed by atoms with Gasteiger partial charge in [-0.15, -0.1) is 5.10 Å². The number of alkyl halides is 3. The van der Waals surface area contributed by atoms with Gasteiger partial charge >= 0.3 is 6.18 Å². The van der Waals surface area contributed by atoms with Gasteiger partial charge in [0.15, 0.2) is 0 Å². The molecule has 1 heterocycles. The van der Waals surface area contributed by atoms with Crippen LogP contribution >= 0.6 is 0 Å². The van der Waals surface area contributed by atoms with Crippen molar-refractivity contribution in [2.45, 2.75) is 13.1 Å². The van der Waals surface area contributed by atoms with Crippen LogP contribution in [0.15, 0.2) is 59.8 Å². The molecule has 0 aliphatic heterocycles. The standard InChI is InChI=1S/C19H14F3N3O2/c1-12-8-17(14-5-3-6-15(10-14)19(20,21)22)18(25-24-12)27-16-7-2-4-13(9-16)11-23-26/h2-11,26H,1H3/b23-11+. The van der Waals surface area contributed by atoms with Crippen molar-refractivity contribution >= 4 is 6.21 Å². The van der Waals surface area contributed by atoms with Gasteiger partial charge in [0.05, 0.1) is 17.5 Å². The average Bonchev–Trinajstić information content (AvgIpc) is 2.63. The van der Waals surface area contributed by atoms with E-state index in [9.17, 15) is 13.2 Å². The van der Waals surface area contributed by atoms with Crippen molar-refractivity contribution < 1.29 is 23.1 Å². The number of hydrogen-bond acceptors (Lipinski definition) is 5. The molecule has 0 saturated carbocycles. The lowest BCUT2D eigenvalue weighted by molar-refractivity contribution is -0.137. The van der Waals surface area contributed by atoms with E-state index in [0.29, 0.717) is 28.1 Å². The molecule has 0 aliphatic carbocycles. The van der Waals surface area contributed by atoms with Crippen LogP contribution in [0.25, 0.3) is 11.1 Å². The summed E-state index contributed by atoms with van der Waals surface area (Å²) >= 11 is 0. The first-order valence-electron chi connectivity index (χ1n) is 7.84. The molecule has 1 aromatic heterocycles. The van der Waals surface area contributed by atoms with Crippen LogP contribution in [0, 0.1) is 6.92 Å². The number of halogens is 3. The van der Waals surface area contributed by atoms with Crippen LogP contribution in [0.4, 0.5) is 13.2 Å². The summed E-state index contributed by atoms with van der Waals surface area (Å²) in [6.45, 7) is 1.69. The van der Waals surface area contributed by atoms with Gasteiger partial charge in [0.1, 0.15) is 5.75 Å². The Hall–Kier alpha value is -3.42. The molecule has 3 rings (SSSR count). The number of benzene rings is 2. The summed E-state index contributed by atoms with van der Waals surface area (Å²) in [7, 11) is 0. The van der Waals surface area contributed by atoms with Crippen LogP contribution in [0.2, 0.25) is 0 Å². The monoisotopic (exact) mass is 373 g/mol. The third-order valence-electron chi connectivity index (χ3n) is 3.66. The molecule has 3 aromatic rings. The molecule has 0 radical (unpaired) electrons. The zero-order chi connectivity index (χ0) is 19.4. The third-order valence-corrected chi connectivity index (χ3v) is 3.66. The molecule has 138 valence electrons. The van der Waals surface area contributed by atoms with Crippen LogP contribution in [-0.4, -0.2) is 21.6 Å². The molecular formula is C19H14F3N3O2. The Kier molecular flexibility index (Phi) is 5.07. The molecule has 5 nitrogen and oxygen atoms in total. The maximum absolute atomic E-state index is 13.0. The van der Waals surface area contributed by atoms with Gasteiger partial charge < -0.3 is 9.94 Å². The van der Waals surface area contributed by atoms with Gasteiger partial charge in [-0.05, 0) is 48.4 Å². The highest BCUT2D eigenvalue weighted by atomic mass is 19.4. The summed E-state index contributed by atoms with van der Waals surface area (Å²) in [5, 5.41) is 19.5. The molecule has 0 unspecified atom stereocenters. The predicted molar refractivity (Wildman–Crippen MR) is 93.1 cm³/mol. The van der Waals surface area contributed by atoms with Gasteiger partial charge in [0.2, 0.25) is 5.88 Å². The predicted octanol–water partition coefficient (Wildman–Crippen LogP) is 5.07. The van der Waals surface area contributed by atoms with E-state index in [4.69, 9.17) is 9.94 Å². The van der Waals surface area contributed by atoms with Crippen molar-refractivity contribution in [1.82, 2.24) is 10.2 Å². The lowest BCUT2D eigenvalue weighted by atomic mass is 10.0. The molecule has 27 heavy (non-hydrogen) atoms. The summed E-state index contributed by atoms with van der Waals surface area (Å²) in [4.78, 5) is 0. The van der Waals surface area contributed by atoms with Crippen LogP contribution in [-0.2, 0) is 6.18 Å². The summed E-state index contributed by atoms with van der Waals surface area (Å²) in [5.74, 6) is 0.441. The minimum Gasteiger partial charge on any atom is -0.437 e. The zero-order valence-corrected chi connectivity index (χ0v) is 14.1. The summed E-state index contributed by atoms with van der Waals surface area (Å²) < 4.78 is 44.8. The first-order valence-corrected chi connectivity index (χ1v) is 7.84. The largest absolute Gasteiger partial charge is 0.437 e. The highest BCUT2D eigenvalue weighted by Crippen LogP contribution is 2.36. The van der Waals surface area contributed by atoms with E-state index < -0.39 is 11.7 Å². The number of aryl methyl sites for hydroxylation is 1. The number of ether oxygens (including phenoxy) is 1. The van der Waals surface area contributed by atoms with E-state index in [1.807, 2.05) is 0 Å². The first kappa shape index (κ1) is 18.4. The van der Waals surface area contributed by atoms with Gasteiger partial charge in [0, 0.05) is 5.56 Å². The summed E-state index contributed by atoms with van der Waals surface area (Å²) in [6, 6.07) is 13.1. The van der Waals surface area contributed by atoms with E-state index in [2.05, 4.69) is 15.4 Å². The van der Waals surface area contributed by atoms with Gasteiger partial charge in [-0.25, -0.2) is 0 Å². The molecule has 0 saturated heterocycles. The van der Waals surface area contributed by atoms with Crippen LogP contribution in [0.5, 0.6) is 11.6 Å². The molecule has 8 heteroatoms. The van der Waals surface area contributed by atoms with E-state index in [1.54, 1.807) is 43.3 Å². The Bertz CT molecular complexity index is 988. The minimum atomic E-state index is -4.45. The molecule has 0 amide bonds. The van der Waals surface area contributed by atoms with Gasteiger partial charge in [-0.3, -0.25) is 0 Å². The molecule has 0 bridgehead atoms. The quantitative estimate of drug-likeness (QED) is 0.394. The minimum absolute atomic E-state index is 0.0676. The molecular weight excluding hydrogens is 359 g/mol. The Morgan fingerprint density at radius 1 is 1.04 bits per heavy atom. The Morgan fingerprint density at radius 2 is 1.81 bits per heavy atom. The Morgan fingerprint density at radius 3 is 2.56 bits per heavy atom. The third kappa shape index (κ3) is 4.41. The second-order valence-corrected chi connectivity index (χ2v) is 5.70. The van der Waals surface area contributed by atoms with Crippen molar-refractivity contribution in [3.63, 3.8) is 0 Å². The van der Waals surface area contributed by atoms with Crippen LogP contribution in [0.3, 0.4) is 0 Å². The normalized spacial score (nSPS) is 11.7. The molecule has 2 aromatic carbocycles. The van der Waals surface area contributed by atoms with Crippen molar-refractivity contribution in [1.29, 1.82) is 0 Å². The van der Waals surface area contributed by atoms with Crippen LogP contribution in [0.1, 0.15) is 16.8 Å². The molecule has 0 aliphatic rings. The van der Waals surface area contributed by atoms with Gasteiger partial charge in [0.25, 0.3) is 0 Å². The highest BCUT2D eigenvalue weighted by molar-refractivity contribution is 5.79. The maximum Gasteiger partial charge on any atom is 0.416 e. The fourth-order valence-corrected chi connectivity index (χ4v) is 2.46. The molecule has 0 atom stereocenters. The fraction of sp³-hybridized carbons (Fsp3) is 0.105. The molecule has 0 spiro atoms. The smallest absolute Gasteiger partial charge is 0.416 e. The number of rotatable bonds is 4. The molecule has 0 fully saturated rings. The Labute approximate surface area is 152 Å². The van der Waals surface area contributed by atoms with Crippen LogP contribution < -0.4 is 4.74 Å². The van der Waals surface area contributed by atoms with Gasteiger partial charge in [-0.1, -0.05) is 29.4 Å². The lowest BCUT2D eigenvalue weighted by Gasteiger charge is -2.12. The van der Waals surface area contributed by atoms with E-state index >= 15 is 0 Å². The average molecular weight is 373 g/mol. The topological polar surface area (TPSA) is 67.6 Å². The molecule has 1 N–H and O–H groups in total. The van der Waals surface area contributed by atoms with E-state index in [-0.39, 0.29) is 5.88 Å². The van der Waals surface area contributed by atoms with Crippen molar-refractivity contribution in [3.8, 4) is 22.8 Å². The first-order chi connectivity index (χ1) is 12.9. The van der Waals surface area contributed by atoms with E-state index in [1.165, 1.54) is 12.3 Å². The summed E-state index contributed by atoms with van der Waals surface area (Å²) in [5.41, 5.74) is 1.05. The summed E-state index contributed by atoms with van der Waals surface area (Å²) in [6.07, 6.45) is -3.23. The number of oxime groups is 1. The van der Waals surface area contributed by atoms with Crippen molar-refractivity contribution in [3.05, 3.63) is 71.4 Å². The Balaban J connectivity index is 2.03. The second kappa shape index (κ2) is 7.45. The second-order valence-electron chi connectivity index (χ2n) is 5.70. The number of nitrogens with zero attached hydrogens (tertiary/aromatic N) is 3. The highest BCUT2D eigenvalue weighted by Gasteiger charge is 2.30. The maximum atomic E-state index is 13.0. The van der Waals surface area contributed by atoms with Gasteiger partial charge in [-0.2, -0.15) is 18.3 Å². The van der Waals surface area contributed by atoms with Crippen molar-refractivity contribution in [2.24, 2.45) is 5.16 Å². The zero-order valence-electron chi connectivity index (χ0n) is 14.1. The number of hydrogen-bond donors (Lipinski definition) is 1. The SMILES string of the molecule is Cc1cc(-c2cccc(C(F)(F)F)c2)c(Oc2cccc(/C=N/O)c2)nn1.